The number of anilines is 2. The van der Waals surface area contributed by atoms with Crippen molar-refractivity contribution in [3.8, 4) is 0 Å². The average Bonchev–Trinajstić information content (AvgIpc) is 2.38. The van der Waals surface area contributed by atoms with Crippen LogP contribution in [0.2, 0.25) is 0 Å². The predicted molar refractivity (Wildman–Crippen MR) is 78.4 cm³/mol. The molecule has 0 unspecified atom stereocenters. The van der Waals surface area contributed by atoms with Gasteiger partial charge in [0.25, 0.3) is 10.0 Å². The van der Waals surface area contributed by atoms with Crippen LogP contribution in [0.5, 0.6) is 0 Å². The summed E-state index contributed by atoms with van der Waals surface area (Å²) in [7, 11) is -2.17. The number of benzene rings is 1. The van der Waals surface area contributed by atoms with E-state index in [0.717, 1.165) is 0 Å². The Morgan fingerprint density at radius 1 is 1.32 bits per heavy atom. The molecule has 1 aromatic heterocycles. The molecule has 0 amide bonds. The zero-order chi connectivity index (χ0) is 14.0. The van der Waals surface area contributed by atoms with Crippen LogP contribution < -0.4 is 10.0 Å². The summed E-state index contributed by atoms with van der Waals surface area (Å²) in [5.74, 6) is 0. The van der Waals surface area contributed by atoms with E-state index in [1.165, 1.54) is 23.6 Å². The number of nitrogens with zero attached hydrogens (tertiary/aromatic N) is 2. The zero-order valence-corrected chi connectivity index (χ0v) is 12.5. The van der Waals surface area contributed by atoms with E-state index in [1.807, 2.05) is 0 Å². The first-order valence-electron chi connectivity index (χ1n) is 5.37. The highest BCUT2D eigenvalue weighted by atomic mass is 79.9. The minimum atomic E-state index is -3.65. The highest BCUT2D eigenvalue weighted by Crippen LogP contribution is 2.28. The third kappa shape index (κ3) is 2.71. The Morgan fingerprint density at radius 3 is 2.63 bits per heavy atom. The summed E-state index contributed by atoms with van der Waals surface area (Å²) in [6, 6.07) is 7.94. The second-order valence-electron chi connectivity index (χ2n) is 3.87. The van der Waals surface area contributed by atoms with Crippen LogP contribution in [0.3, 0.4) is 0 Å². The Kier molecular flexibility index (Phi) is 3.77. The molecule has 0 radical (unpaired) electrons. The Hall–Kier alpha value is -1.60. The van der Waals surface area contributed by atoms with Gasteiger partial charge < -0.3 is 5.73 Å². The van der Waals surface area contributed by atoms with Crippen LogP contribution in [0.25, 0.3) is 0 Å². The fourth-order valence-corrected chi connectivity index (χ4v) is 3.79. The third-order valence-electron chi connectivity index (χ3n) is 2.60. The minimum Gasteiger partial charge on any atom is -0.399 e. The Bertz CT molecular complexity index is 689. The van der Waals surface area contributed by atoms with Crippen LogP contribution in [0.1, 0.15) is 0 Å². The van der Waals surface area contributed by atoms with Gasteiger partial charge in [0.15, 0.2) is 0 Å². The van der Waals surface area contributed by atoms with Crippen molar-refractivity contribution in [2.75, 3.05) is 17.1 Å². The SMILES string of the molecule is CN(c1cccnc1)S(=O)(=O)c1ccc(N)cc1Br. The lowest BCUT2D eigenvalue weighted by Gasteiger charge is -2.19. The number of sulfonamides is 1. The van der Waals surface area contributed by atoms with Gasteiger partial charge in [-0.25, -0.2) is 8.42 Å². The Morgan fingerprint density at radius 2 is 2.05 bits per heavy atom. The zero-order valence-electron chi connectivity index (χ0n) is 10.1. The van der Waals surface area contributed by atoms with Crippen molar-refractivity contribution in [1.29, 1.82) is 0 Å². The number of pyridine rings is 1. The Balaban J connectivity index is 2.48. The van der Waals surface area contributed by atoms with E-state index in [2.05, 4.69) is 20.9 Å². The summed E-state index contributed by atoms with van der Waals surface area (Å²) in [6.45, 7) is 0. The highest BCUT2D eigenvalue weighted by molar-refractivity contribution is 9.10. The first-order valence-corrected chi connectivity index (χ1v) is 7.60. The maximum absolute atomic E-state index is 12.5. The molecule has 0 aliphatic heterocycles. The van der Waals surface area contributed by atoms with Crippen molar-refractivity contribution < 1.29 is 8.42 Å². The summed E-state index contributed by atoms with van der Waals surface area (Å²) in [6.07, 6.45) is 3.08. The van der Waals surface area contributed by atoms with Crippen LogP contribution in [-0.4, -0.2) is 20.4 Å². The summed E-state index contributed by atoms with van der Waals surface area (Å²) < 4.78 is 26.6. The summed E-state index contributed by atoms with van der Waals surface area (Å²) in [4.78, 5) is 4.07. The smallest absolute Gasteiger partial charge is 0.265 e. The lowest BCUT2D eigenvalue weighted by atomic mass is 10.3. The largest absolute Gasteiger partial charge is 0.399 e. The number of hydrogen-bond donors (Lipinski definition) is 1. The molecule has 19 heavy (non-hydrogen) atoms. The summed E-state index contributed by atoms with van der Waals surface area (Å²) in [5.41, 5.74) is 6.60. The molecular weight excluding hydrogens is 330 g/mol. The monoisotopic (exact) mass is 341 g/mol. The van der Waals surface area contributed by atoms with Crippen molar-refractivity contribution in [3.63, 3.8) is 0 Å². The van der Waals surface area contributed by atoms with Gasteiger partial charge in [-0.1, -0.05) is 0 Å². The number of halogens is 1. The van der Waals surface area contributed by atoms with Gasteiger partial charge in [-0.15, -0.1) is 0 Å². The molecule has 0 aliphatic carbocycles. The number of nitrogens with two attached hydrogens (primary N) is 1. The molecule has 0 atom stereocenters. The van der Waals surface area contributed by atoms with Gasteiger partial charge >= 0.3 is 0 Å². The quantitative estimate of drug-likeness (QED) is 0.868. The second kappa shape index (κ2) is 5.18. The van der Waals surface area contributed by atoms with Crippen LogP contribution in [-0.2, 0) is 10.0 Å². The molecule has 0 fully saturated rings. The fraction of sp³-hybridized carbons (Fsp3) is 0.0833. The molecule has 0 saturated heterocycles. The van der Waals surface area contributed by atoms with E-state index in [4.69, 9.17) is 5.73 Å². The van der Waals surface area contributed by atoms with Gasteiger partial charge in [0.1, 0.15) is 4.90 Å². The fourth-order valence-electron chi connectivity index (χ4n) is 1.55. The number of rotatable bonds is 3. The molecule has 0 saturated carbocycles. The maximum Gasteiger partial charge on any atom is 0.265 e. The predicted octanol–water partition coefficient (Wildman–Crippen LogP) is 2.25. The molecule has 1 aromatic carbocycles. The van der Waals surface area contributed by atoms with E-state index in [-0.39, 0.29) is 4.90 Å². The van der Waals surface area contributed by atoms with Gasteiger partial charge in [0, 0.05) is 23.4 Å². The standard InChI is InChI=1S/C12H12BrN3O2S/c1-16(10-3-2-6-15-8-10)19(17,18)12-5-4-9(14)7-11(12)13/h2-8H,14H2,1H3. The molecule has 100 valence electrons. The van der Waals surface area contributed by atoms with E-state index in [9.17, 15) is 8.42 Å². The van der Waals surface area contributed by atoms with Crippen molar-refractivity contribution in [1.82, 2.24) is 4.98 Å². The number of nitrogen functional groups attached to an aromatic ring is 1. The van der Waals surface area contributed by atoms with Crippen molar-refractivity contribution >= 4 is 37.3 Å². The molecule has 0 bridgehead atoms. The van der Waals surface area contributed by atoms with Crippen LogP contribution in [0.15, 0.2) is 52.1 Å². The molecule has 7 heteroatoms. The van der Waals surface area contributed by atoms with Gasteiger partial charge in [0.05, 0.1) is 11.9 Å². The molecule has 1 heterocycles. The molecule has 2 rings (SSSR count). The number of hydrogen-bond acceptors (Lipinski definition) is 4. The molecule has 0 spiro atoms. The highest BCUT2D eigenvalue weighted by Gasteiger charge is 2.23. The van der Waals surface area contributed by atoms with E-state index in [0.29, 0.717) is 15.8 Å². The summed E-state index contributed by atoms with van der Waals surface area (Å²) in [5, 5.41) is 0. The van der Waals surface area contributed by atoms with E-state index < -0.39 is 10.0 Å². The van der Waals surface area contributed by atoms with Crippen LogP contribution in [0.4, 0.5) is 11.4 Å². The van der Waals surface area contributed by atoms with Crippen LogP contribution >= 0.6 is 15.9 Å². The Labute approximate surface area is 120 Å². The van der Waals surface area contributed by atoms with Crippen molar-refractivity contribution in [3.05, 3.63) is 47.2 Å². The van der Waals surface area contributed by atoms with E-state index >= 15 is 0 Å². The minimum absolute atomic E-state index is 0.160. The first-order chi connectivity index (χ1) is 8.93. The maximum atomic E-state index is 12.5. The molecule has 2 aromatic rings. The number of aromatic nitrogens is 1. The van der Waals surface area contributed by atoms with Crippen molar-refractivity contribution in [2.45, 2.75) is 4.90 Å². The van der Waals surface area contributed by atoms with Gasteiger partial charge in [-0.2, -0.15) is 0 Å². The summed E-state index contributed by atoms with van der Waals surface area (Å²) >= 11 is 3.22. The third-order valence-corrected chi connectivity index (χ3v) is 5.37. The molecule has 5 nitrogen and oxygen atoms in total. The average molecular weight is 342 g/mol. The van der Waals surface area contributed by atoms with E-state index in [1.54, 1.807) is 30.5 Å². The molecule has 0 aliphatic rings. The molecular formula is C12H12BrN3O2S. The van der Waals surface area contributed by atoms with Crippen molar-refractivity contribution in [2.24, 2.45) is 0 Å². The van der Waals surface area contributed by atoms with Gasteiger partial charge in [-0.05, 0) is 46.3 Å². The molecule has 2 N–H and O–H groups in total. The van der Waals surface area contributed by atoms with Gasteiger partial charge in [0.2, 0.25) is 0 Å². The second-order valence-corrected chi connectivity index (χ2v) is 6.67. The lowest BCUT2D eigenvalue weighted by molar-refractivity contribution is 0.594. The van der Waals surface area contributed by atoms with Crippen LogP contribution in [0, 0.1) is 0 Å². The van der Waals surface area contributed by atoms with Gasteiger partial charge in [-0.3, -0.25) is 9.29 Å². The lowest BCUT2D eigenvalue weighted by Crippen LogP contribution is -2.26. The first kappa shape index (κ1) is 13.8. The topological polar surface area (TPSA) is 76.3 Å². The normalized spacial score (nSPS) is 11.3.